The summed E-state index contributed by atoms with van der Waals surface area (Å²) in [4.78, 5) is 11.3. The Labute approximate surface area is 106 Å². The molecule has 0 unspecified atom stereocenters. The molecule has 0 saturated heterocycles. The maximum atomic E-state index is 11.3. The van der Waals surface area contributed by atoms with E-state index in [9.17, 15) is 9.90 Å². The molecule has 2 heteroatoms. The van der Waals surface area contributed by atoms with Crippen LogP contribution in [0.25, 0.3) is 12.2 Å². The summed E-state index contributed by atoms with van der Waals surface area (Å²) in [6.45, 7) is 1.44. The summed E-state index contributed by atoms with van der Waals surface area (Å²) < 4.78 is 0. The van der Waals surface area contributed by atoms with Gasteiger partial charge in [-0.2, -0.15) is 0 Å². The number of phenols is 1. The molecule has 18 heavy (non-hydrogen) atoms. The first kappa shape index (κ1) is 12.1. The third kappa shape index (κ3) is 2.66. The lowest BCUT2D eigenvalue weighted by atomic mass is 10.0. The van der Waals surface area contributed by atoms with E-state index < -0.39 is 0 Å². The van der Waals surface area contributed by atoms with Crippen molar-refractivity contribution in [3.05, 3.63) is 65.2 Å². The van der Waals surface area contributed by atoms with Crippen LogP contribution < -0.4 is 0 Å². The monoisotopic (exact) mass is 238 g/mol. The van der Waals surface area contributed by atoms with Crippen LogP contribution in [-0.4, -0.2) is 10.9 Å². The average molecular weight is 238 g/mol. The fourth-order valence-corrected chi connectivity index (χ4v) is 1.73. The molecule has 1 N–H and O–H groups in total. The summed E-state index contributed by atoms with van der Waals surface area (Å²) in [5.41, 5.74) is 2.04. The number of rotatable bonds is 3. The Morgan fingerprint density at radius 2 is 1.72 bits per heavy atom. The van der Waals surface area contributed by atoms with Gasteiger partial charge < -0.3 is 5.11 Å². The number of carbonyl (C=O) groups excluding carboxylic acids is 1. The molecule has 0 amide bonds. The van der Waals surface area contributed by atoms with E-state index in [2.05, 4.69) is 0 Å². The van der Waals surface area contributed by atoms with Crippen molar-refractivity contribution in [1.29, 1.82) is 0 Å². The minimum absolute atomic E-state index is 0.0391. The third-order valence-corrected chi connectivity index (χ3v) is 2.70. The molecule has 0 heterocycles. The van der Waals surface area contributed by atoms with Gasteiger partial charge in [-0.05, 0) is 18.6 Å². The molecule has 0 aliphatic carbocycles. The Bertz CT molecular complexity index is 583. The van der Waals surface area contributed by atoms with Crippen molar-refractivity contribution in [2.24, 2.45) is 0 Å². The van der Waals surface area contributed by atoms with Crippen molar-refractivity contribution in [3.63, 3.8) is 0 Å². The molecular formula is C16H14O2. The fourth-order valence-electron chi connectivity index (χ4n) is 1.73. The highest BCUT2D eigenvalue weighted by Crippen LogP contribution is 2.24. The van der Waals surface area contributed by atoms with Gasteiger partial charge in [-0.1, -0.05) is 54.6 Å². The summed E-state index contributed by atoms with van der Waals surface area (Å²) in [7, 11) is 0. The first-order chi connectivity index (χ1) is 8.68. The highest BCUT2D eigenvalue weighted by atomic mass is 16.3. The molecule has 2 nitrogen and oxygen atoms in total. The van der Waals surface area contributed by atoms with Crippen molar-refractivity contribution in [1.82, 2.24) is 0 Å². The highest BCUT2D eigenvalue weighted by Gasteiger charge is 2.08. The van der Waals surface area contributed by atoms with E-state index in [1.165, 1.54) is 6.92 Å². The van der Waals surface area contributed by atoms with Crippen molar-refractivity contribution < 1.29 is 9.90 Å². The minimum Gasteiger partial charge on any atom is -0.507 e. The molecule has 0 spiro atoms. The van der Waals surface area contributed by atoms with Crippen LogP contribution >= 0.6 is 0 Å². The lowest BCUT2D eigenvalue weighted by Gasteiger charge is -2.03. The average Bonchev–Trinajstić information content (AvgIpc) is 2.38. The summed E-state index contributed by atoms with van der Waals surface area (Å²) >= 11 is 0. The molecular weight excluding hydrogens is 224 g/mol. The van der Waals surface area contributed by atoms with Gasteiger partial charge in [-0.15, -0.1) is 0 Å². The standard InChI is InChI=1S/C16H14O2/c1-12(17)15-9-5-8-14(16(15)18)11-10-13-6-3-2-4-7-13/h2-11,18H,1H3/b11-10+. The number of phenolic OH excluding ortho intramolecular Hbond substituents is 1. The van der Waals surface area contributed by atoms with Gasteiger partial charge in [0.2, 0.25) is 0 Å². The van der Waals surface area contributed by atoms with Crippen molar-refractivity contribution >= 4 is 17.9 Å². The van der Waals surface area contributed by atoms with Gasteiger partial charge in [0, 0.05) is 5.56 Å². The van der Waals surface area contributed by atoms with Crippen LogP contribution in [-0.2, 0) is 0 Å². The Kier molecular flexibility index (Phi) is 3.58. The fraction of sp³-hybridized carbons (Fsp3) is 0.0625. The second-order valence-electron chi connectivity index (χ2n) is 4.04. The predicted molar refractivity (Wildman–Crippen MR) is 73.5 cm³/mol. The number of aromatic hydroxyl groups is 1. The second-order valence-corrected chi connectivity index (χ2v) is 4.04. The van der Waals surface area contributed by atoms with E-state index in [0.717, 1.165) is 5.56 Å². The van der Waals surface area contributed by atoms with Crippen LogP contribution in [0.3, 0.4) is 0 Å². The van der Waals surface area contributed by atoms with Gasteiger partial charge in [0.05, 0.1) is 5.56 Å². The number of hydrogen-bond donors (Lipinski definition) is 1. The van der Waals surface area contributed by atoms with E-state index in [4.69, 9.17) is 0 Å². The Morgan fingerprint density at radius 1 is 1.00 bits per heavy atom. The zero-order valence-electron chi connectivity index (χ0n) is 10.1. The van der Waals surface area contributed by atoms with Crippen LogP contribution in [0, 0.1) is 0 Å². The molecule has 0 fully saturated rings. The van der Waals surface area contributed by atoms with Gasteiger partial charge in [0.25, 0.3) is 0 Å². The molecule has 90 valence electrons. The number of carbonyl (C=O) groups is 1. The second kappa shape index (κ2) is 5.32. The molecule has 2 aromatic carbocycles. The van der Waals surface area contributed by atoms with Gasteiger partial charge in [-0.3, -0.25) is 4.79 Å². The van der Waals surface area contributed by atoms with Crippen molar-refractivity contribution in [2.45, 2.75) is 6.92 Å². The Hall–Kier alpha value is -2.35. The number of Topliss-reactive ketones (excluding diaryl/α,β-unsaturated/α-hetero) is 1. The van der Waals surface area contributed by atoms with Crippen LogP contribution in [0.15, 0.2) is 48.5 Å². The number of benzene rings is 2. The summed E-state index contributed by atoms with van der Waals surface area (Å²) in [5.74, 6) is -0.0976. The smallest absolute Gasteiger partial charge is 0.163 e. The normalized spacial score (nSPS) is 10.7. The maximum absolute atomic E-state index is 11.3. The third-order valence-electron chi connectivity index (χ3n) is 2.70. The maximum Gasteiger partial charge on any atom is 0.163 e. The highest BCUT2D eigenvalue weighted by molar-refractivity contribution is 5.98. The molecule has 2 aromatic rings. The molecule has 0 radical (unpaired) electrons. The summed E-state index contributed by atoms with van der Waals surface area (Å²) in [6, 6.07) is 15.0. The number of ketones is 1. The van der Waals surface area contributed by atoms with E-state index in [1.54, 1.807) is 24.3 Å². The zero-order chi connectivity index (χ0) is 13.0. The molecule has 2 rings (SSSR count). The molecule has 0 bridgehead atoms. The van der Waals surface area contributed by atoms with E-state index in [-0.39, 0.29) is 11.5 Å². The largest absolute Gasteiger partial charge is 0.507 e. The van der Waals surface area contributed by atoms with Crippen LogP contribution in [0.1, 0.15) is 28.4 Å². The van der Waals surface area contributed by atoms with E-state index >= 15 is 0 Å². The van der Waals surface area contributed by atoms with Gasteiger partial charge in [0.15, 0.2) is 5.78 Å². The van der Waals surface area contributed by atoms with E-state index in [1.807, 2.05) is 36.4 Å². The minimum atomic E-state index is -0.137. The van der Waals surface area contributed by atoms with Crippen LogP contribution in [0.2, 0.25) is 0 Å². The van der Waals surface area contributed by atoms with E-state index in [0.29, 0.717) is 11.1 Å². The quantitative estimate of drug-likeness (QED) is 0.653. The topological polar surface area (TPSA) is 37.3 Å². The van der Waals surface area contributed by atoms with Gasteiger partial charge >= 0.3 is 0 Å². The summed E-state index contributed by atoms with van der Waals surface area (Å²) in [5, 5.41) is 9.97. The SMILES string of the molecule is CC(=O)c1cccc(/C=C/c2ccccc2)c1O. The Morgan fingerprint density at radius 3 is 2.39 bits per heavy atom. The van der Waals surface area contributed by atoms with Crippen molar-refractivity contribution in [3.8, 4) is 5.75 Å². The molecule has 0 aliphatic rings. The lowest BCUT2D eigenvalue weighted by Crippen LogP contribution is -1.93. The zero-order valence-corrected chi connectivity index (χ0v) is 10.1. The first-order valence-corrected chi connectivity index (χ1v) is 5.74. The Balaban J connectivity index is 2.33. The van der Waals surface area contributed by atoms with Crippen LogP contribution in [0.4, 0.5) is 0 Å². The summed E-state index contributed by atoms with van der Waals surface area (Å²) in [6.07, 6.45) is 3.70. The number of hydrogen-bond acceptors (Lipinski definition) is 2. The van der Waals surface area contributed by atoms with Gasteiger partial charge in [0.1, 0.15) is 5.75 Å². The molecule has 0 aliphatic heterocycles. The number of para-hydroxylation sites is 1. The predicted octanol–water partition coefficient (Wildman–Crippen LogP) is 3.77. The van der Waals surface area contributed by atoms with Gasteiger partial charge in [-0.25, -0.2) is 0 Å². The molecule has 0 aromatic heterocycles. The molecule has 0 atom stereocenters. The van der Waals surface area contributed by atoms with Crippen LogP contribution in [0.5, 0.6) is 5.75 Å². The molecule has 0 saturated carbocycles. The first-order valence-electron chi connectivity index (χ1n) is 5.74. The lowest BCUT2D eigenvalue weighted by molar-refractivity contribution is 0.101. The van der Waals surface area contributed by atoms with Crippen molar-refractivity contribution in [2.75, 3.05) is 0 Å².